The first kappa shape index (κ1) is 7.96. The van der Waals surface area contributed by atoms with Crippen molar-refractivity contribution >= 4 is 0 Å². The third-order valence-corrected chi connectivity index (χ3v) is 3.22. The fraction of sp³-hybridized carbons (Fsp3) is 1.00. The van der Waals surface area contributed by atoms with Gasteiger partial charge in [-0.3, -0.25) is 0 Å². The molecule has 60 valence electrons. The van der Waals surface area contributed by atoms with Crippen LogP contribution < -0.4 is 0 Å². The topological polar surface area (TPSA) is 0 Å². The van der Waals surface area contributed by atoms with Gasteiger partial charge in [0, 0.05) is 11.3 Å². The minimum absolute atomic E-state index is 0.394. The highest BCUT2D eigenvalue weighted by molar-refractivity contribution is 5.14. The Morgan fingerprint density at radius 3 is 1.50 bits per heavy atom. The maximum absolute atomic E-state index is 12.8. The number of alkyl halides is 2. The second-order valence-corrected chi connectivity index (χ2v) is 3.21. The van der Waals surface area contributed by atoms with E-state index in [1.165, 1.54) is 0 Å². The van der Waals surface area contributed by atoms with E-state index in [4.69, 9.17) is 0 Å². The Kier molecular flexibility index (Phi) is 1.53. The van der Waals surface area contributed by atoms with Crippen LogP contribution in [-0.2, 0) is 0 Å². The van der Waals surface area contributed by atoms with Crippen molar-refractivity contribution in [2.45, 2.75) is 39.5 Å². The van der Waals surface area contributed by atoms with Crippen LogP contribution in [0.5, 0.6) is 0 Å². The van der Waals surface area contributed by atoms with E-state index in [1.807, 2.05) is 13.8 Å². The number of hydrogen-bond acceptors (Lipinski definition) is 0. The zero-order valence-electron chi connectivity index (χ0n) is 6.75. The smallest absolute Gasteiger partial charge is 0.206 e. The largest absolute Gasteiger partial charge is 0.257 e. The van der Waals surface area contributed by atoms with Gasteiger partial charge in [-0.25, -0.2) is 8.78 Å². The van der Waals surface area contributed by atoms with E-state index in [2.05, 4.69) is 0 Å². The molecule has 1 aliphatic carbocycles. The molecule has 0 aliphatic heterocycles. The zero-order chi connectivity index (χ0) is 7.99. The molecular weight excluding hydrogens is 134 g/mol. The van der Waals surface area contributed by atoms with Gasteiger partial charge in [0.2, 0.25) is 0 Å². The lowest BCUT2D eigenvalue weighted by atomic mass is 9.97. The van der Waals surface area contributed by atoms with Crippen LogP contribution in [0.4, 0.5) is 8.78 Å². The van der Waals surface area contributed by atoms with E-state index in [0.717, 1.165) is 0 Å². The van der Waals surface area contributed by atoms with Crippen molar-refractivity contribution in [1.29, 1.82) is 0 Å². The molecule has 0 aromatic heterocycles. The minimum atomic E-state index is -2.38. The summed E-state index contributed by atoms with van der Waals surface area (Å²) in [7, 11) is 0. The second kappa shape index (κ2) is 1.93. The highest BCUT2D eigenvalue weighted by Crippen LogP contribution is 2.69. The van der Waals surface area contributed by atoms with Crippen LogP contribution in [0.1, 0.15) is 33.6 Å². The van der Waals surface area contributed by atoms with Crippen LogP contribution in [0, 0.1) is 11.3 Å². The summed E-state index contributed by atoms with van der Waals surface area (Å²) < 4.78 is 25.7. The zero-order valence-corrected chi connectivity index (χ0v) is 6.75. The van der Waals surface area contributed by atoms with Gasteiger partial charge in [0.05, 0.1) is 0 Å². The Hall–Kier alpha value is -0.140. The monoisotopic (exact) mass is 148 g/mol. The van der Waals surface area contributed by atoms with Crippen LogP contribution in [0.3, 0.4) is 0 Å². The Morgan fingerprint density at radius 1 is 1.20 bits per heavy atom. The molecule has 0 aromatic carbocycles. The maximum Gasteiger partial charge on any atom is 0.257 e. The third-order valence-electron chi connectivity index (χ3n) is 3.22. The molecule has 1 aliphatic rings. The summed E-state index contributed by atoms with van der Waals surface area (Å²) in [5.41, 5.74) is -0.646. The lowest BCUT2D eigenvalue weighted by Gasteiger charge is -2.09. The summed E-state index contributed by atoms with van der Waals surface area (Å²) in [5, 5.41) is 0. The van der Waals surface area contributed by atoms with Gasteiger partial charge in [-0.1, -0.05) is 20.8 Å². The van der Waals surface area contributed by atoms with Crippen LogP contribution in [-0.4, -0.2) is 5.92 Å². The Bertz CT molecular complexity index is 136. The predicted molar refractivity (Wildman–Crippen MR) is 37.1 cm³/mol. The highest BCUT2D eigenvalue weighted by Gasteiger charge is 2.75. The van der Waals surface area contributed by atoms with Crippen LogP contribution >= 0.6 is 0 Å². The van der Waals surface area contributed by atoms with Gasteiger partial charge in [0.15, 0.2) is 0 Å². The molecule has 10 heavy (non-hydrogen) atoms. The van der Waals surface area contributed by atoms with E-state index in [-0.39, 0.29) is 0 Å². The van der Waals surface area contributed by atoms with Crippen molar-refractivity contribution in [2.75, 3.05) is 0 Å². The third kappa shape index (κ3) is 0.599. The summed E-state index contributed by atoms with van der Waals surface area (Å²) in [6.07, 6.45) is 1.22. The van der Waals surface area contributed by atoms with Crippen LogP contribution in [0.15, 0.2) is 0 Å². The molecule has 1 rings (SSSR count). The maximum atomic E-state index is 12.8. The van der Waals surface area contributed by atoms with Gasteiger partial charge >= 0.3 is 0 Å². The minimum Gasteiger partial charge on any atom is -0.206 e. The Morgan fingerprint density at radius 2 is 1.50 bits per heavy atom. The van der Waals surface area contributed by atoms with E-state index in [0.29, 0.717) is 12.8 Å². The highest BCUT2D eigenvalue weighted by atomic mass is 19.3. The second-order valence-electron chi connectivity index (χ2n) is 3.21. The molecule has 0 N–H and O–H groups in total. The Labute approximate surface area is 60.6 Å². The molecule has 0 bridgehead atoms. The number of halogens is 2. The van der Waals surface area contributed by atoms with Crippen molar-refractivity contribution in [3.05, 3.63) is 0 Å². The van der Waals surface area contributed by atoms with Gasteiger partial charge in [-0.2, -0.15) is 0 Å². The molecule has 0 amide bonds. The average Bonchev–Trinajstić information content (AvgIpc) is 2.31. The van der Waals surface area contributed by atoms with Crippen LogP contribution in [0.25, 0.3) is 0 Å². The summed E-state index contributed by atoms with van der Waals surface area (Å²) in [4.78, 5) is 0. The van der Waals surface area contributed by atoms with Crippen molar-refractivity contribution in [3.63, 3.8) is 0 Å². The number of rotatable bonds is 2. The summed E-state index contributed by atoms with van der Waals surface area (Å²) in [5.74, 6) is -2.77. The molecule has 0 nitrogen and oxygen atoms in total. The van der Waals surface area contributed by atoms with Gasteiger partial charge < -0.3 is 0 Å². The first-order valence-electron chi connectivity index (χ1n) is 3.90. The quantitative estimate of drug-likeness (QED) is 0.564. The van der Waals surface area contributed by atoms with Crippen molar-refractivity contribution in [1.82, 2.24) is 0 Å². The summed E-state index contributed by atoms with van der Waals surface area (Å²) >= 11 is 0. The van der Waals surface area contributed by atoms with Crippen molar-refractivity contribution in [2.24, 2.45) is 11.3 Å². The first-order valence-corrected chi connectivity index (χ1v) is 3.90. The SMILES string of the molecule is CCC1(CC)C(C)C1(F)F. The molecule has 0 radical (unpaired) electrons. The Balaban J connectivity index is 2.73. The molecule has 0 saturated heterocycles. The van der Waals surface area contributed by atoms with E-state index >= 15 is 0 Å². The average molecular weight is 148 g/mol. The summed E-state index contributed by atoms with van der Waals surface area (Å²) in [6, 6.07) is 0. The van der Waals surface area contributed by atoms with Gasteiger partial charge in [0.25, 0.3) is 5.92 Å². The predicted octanol–water partition coefficient (Wildman–Crippen LogP) is 3.08. The summed E-state index contributed by atoms with van der Waals surface area (Å²) in [6.45, 7) is 5.34. The van der Waals surface area contributed by atoms with Crippen molar-refractivity contribution < 1.29 is 8.78 Å². The van der Waals surface area contributed by atoms with Gasteiger partial charge in [-0.15, -0.1) is 0 Å². The molecule has 1 unspecified atom stereocenters. The molecule has 2 heteroatoms. The molecule has 0 spiro atoms. The molecule has 1 fully saturated rings. The molecule has 1 atom stereocenters. The van der Waals surface area contributed by atoms with E-state index < -0.39 is 17.3 Å². The van der Waals surface area contributed by atoms with Crippen LogP contribution in [0.2, 0.25) is 0 Å². The molecule has 0 aromatic rings. The lowest BCUT2D eigenvalue weighted by Crippen LogP contribution is -2.07. The molecule has 1 saturated carbocycles. The standard InChI is InChI=1S/C8H14F2/c1-4-7(5-2)6(3)8(7,9)10/h6H,4-5H2,1-3H3. The molecular formula is C8H14F2. The lowest BCUT2D eigenvalue weighted by molar-refractivity contribution is 0.0552. The normalized spacial score (nSPS) is 33.9. The first-order chi connectivity index (χ1) is 4.53. The van der Waals surface area contributed by atoms with Crippen molar-refractivity contribution in [3.8, 4) is 0 Å². The molecule has 0 heterocycles. The van der Waals surface area contributed by atoms with Gasteiger partial charge in [0.1, 0.15) is 0 Å². The fourth-order valence-electron chi connectivity index (χ4n) is 2.04. The van der Waals surface area contributed by atoms with E-state index in [9.17, 15) is 8.78 Å². The number of hydrogen-bond donors (Lipinski definition) is 0. The van der Waals surface area contributed by atoms with Gasteiger partial charge in [-0.05, 0) is 12.8 Å². The fourth-order valence-corrected chi connectivity index (χ4v) is 2.04. The van der Waals surface area contributed by atoms with E-state index in [1.54, 1.807) is 6.92 Å².